The molecule has 0 saturated heterocycles. The molecule has 58 valence electrons. The summed E-state index contributed by atoms with van der Waals surface area (Å²) in [6.07, 6.45) is 2.62. The van der Waals surface area contributed by atoms with E-state index in [1.807, 2.05) is 0 Å². The third-order valence-corrected chi connectivity index (χ3v) is 2.02. The Morgan fingerprint density at radius 1 is 1.42 bits per heavy atom. The topological polar surface area (TPSA) is 12.9 Å². The van der Waals surface area contributed by atoms with Crippen molar-refractivity contribution in [2.75, 3.05) is 0 Å². The summed E-state index contributed by atoms with van der Waals surface area (Å²) < 4.78 is 13.2. The van der Waals surface area contributed by atoms with Crippen LogP contribution < -0.4 is 10.6 Å². The Morgan fingerprint density at radius 3 is 3.00 bits per heavy atom. The molecule has 1 aromatic heterocycles. The Balaban J connectivity index is 2.95. The maximum absolute atomic E-state index is 13.2. The van der Waals surface area contributed by atoms with Gasteiger partial charge in [-0.15, -0.1) is 0 Å². The first kappa shape index (κ1) is 7.53. The first-order chi connectivity index (χ1) is 5.79. The van der Waals surface area contributed by atoms with Crippen molar-refractivity contribution in [3.05, 3.63) is 28.9 Å². The van der Waals surface area contributed by atoms with Crippen LogP contribution in [0, 0.1) is 0 Å². The van der Waals surface area contributed by atoms with Gasteiger partial charge in [0.25, 0.3) is 0 Å². The Bertz CT molecular complexity index is 383. The fourth-order valence-corrected chi connectivity index (χ4v) is 1.38. The van der Waals surface area contributed by atoms with Gasteiger partial charge in [-0.05, 0) is 18.6 Å². The molecule has 12 heavy (non-hydrogen) atoms. The molecule has 0 bridgehead atoms. The highest BCUT2D eigenvalue weighted by Crippen LogP contribution is 2.11. The van der Waals surface area contributed by atoms with E-state index in [2.05, 4.69) is 4.98 Å². The molecule has 0 atom stereocenters. The molecule has 1 heterocycles. The van der Waals surface area contributed by atoms with Crippen molar-refractivity contribution in [2.24, 2.45) is 0 Å². The summed E-state index contributed by atoms with van der Waals surface area (Å²) in [6.45, 7) is 0. The fourth-order valence-electron chi connectivity index (χ4n) is 1.38. The number of halogens is 1. The van der Waals surface area contributed by atoms with Crippen LogP contribution >= 0.6 is 0 Å². The molecule has 0 fully saturated rings. The summed E-state index contributed by atoms with van der Waals surface area (Å²) in [4.78, 5) is 4.03. The van der Waals surface area contributed by atoms with E-state index in [1.165, 1.54) is 0 Å². The maximum Gasteiger partial charge on any atom is 0.110 e. The van der Waals surface area contributed by atoms with Crippen molar-refractivity contribution >= 4 is 19.1 Å². The molecule has 0 N–H and O–H groups in total. The quantitative estimate of drug-likeness (QED) is 0.493. The van der Waals surface area contributed by atoms with Gasteiger partial charge < -0.3 is 0 Å². The Labute approximate surface area is 71.0 Å². The lowest BCUT2D eigenvalue weighted by atomic mass is 9.87. The van der Waals surface area contributed by atoms with Gasteiger partial charge in [0.15, 0.2) is 0 Å². The van der Waals surface area contributed by atoms with E-state index >= 15 is 0 Å². The Hall–Kier alpha value is -1.12. The van der Waals surface area contributed by atoms with Crippen molar-refractivity contribution in [3.8, 4) is 0 Å². The van der Waals surface area contributed by atoms with Crippen LogP contribution in [0.4, 0.5) is 4.39 Å². The van der Waals surface area contributed by atoms with Gasteiger partial charge in [-0.3, -0.25) is 4.98 Å². The van der Waals surface area contributed by atoms with Crippen molar-refractivity contribution in [2.45, 2.75) is 12.8 Å². The second-order valence-electron chi connectivity index (χ2n) is 2.83. The van der Waals surface area contributed by atoms with Crippen LogP contribution in [-0.2, 0) is 0 Å². The number of aromatic nitrogens is 1. The average Bonchev–Trinajstić information content (AvgIpc) is 2.12. The van der Waals surface area contributed by atoms with E-state index in [0.29, 0.717) is 28.9 Å². The first-order valence-corrected chi connectivity index (χ1v) is 3.87. The standard InChI is InChI=1S/C9H7BFN/c10-7-3-4-8(11)6-2-1-5-12-9(6)7/h1-2,5H,3-4H2. The molecule has 2 radical (unpaired) electrons. The summed E-state index contributed by atoms with van der Waals surface area (Å²) in [5.74, 6) is -0.104. The van der Waals surface area contributed by atoms with Crippen LogP contribution in [-0.4, -0.2) is 12.8 Å². The summed E-state index contributed by atoms with van der Waals surface area (Å²) in [5.41, 5.74) is 0.687. The van der Waals surface area contributed by atoms with E-state index in [-0.39, 0.29) is 5.83 Å². The molecule has 0 unspecified atom stereocenters. The highest BCUT2D eigenvalue weighted by Gasteiger charge is 2.06. The second kappa shape index (κ2) is 2.74. The predicted molar refractivity (Wildman–Crippen MR) is 46.4 cm³/mol. The lowest BCUT2D eigenvalue weighted by Crippen LogP contribution is -2.34. The fraction of sp³-hybridized carbons (Fsp3) is 0.222. The van der Waals surface area contributed by atoms with Gasteiger partial charge in [-0.25, -0.2) is 4.39 Å². The molecular formula is C9H7BFN. The monoisotopic (exact) mass is 159 g/mol. The molecule has 1 aliphatic rings. The number of hydrogen-bond donors (Lipinski definition) is 0. The molecular weight excluding hydrogens is 152 g/mol. The maximum atomic E-state index is 13.2. The van der Waals surface area contributed by atoms with E-state index in [0.717, 1.165) is 0 Å². The lowest BCUT2D eigenvalue weighted by Gasteiger charge is -2.06. The molecule has 2 rings (SSSR count). The van der Waals surface area contributed by atoms with Crippen LogP contribution in [0.25, 0.3) is 11.3 Å². The van der Waals surface area contributed by atoms with E-state index in [4.69, 9.17) is 7.85 Å². The van der Waals surface area contributed by atoms with Gasteiger partial charge in [-0.1, -0.05) is 5.47 Å². The first-order valence-electron chi connectivity index (χ1n) is 3.87. The van der Waals surface area contributed by atoms with Crippen LogP contribution in [0.2, 0.25) is 0 Å². The van der Waals surface area contributed by atoms with Crippen LogP contribution in [0.15, 0.2) is 18.3 Å². The zero-order valence-electron chi connectivity index (χ0n) is 6.55. The van der Waals surface area contributed by atoms with Crippen LogP contribution in [0.1, 0.15) is 12.8 Å². The lowest BCUT2D eigenvalue weighted by molar-refractivity contribution is 0.693. The summed E-state index contributed by atoms with van der Waals surface area (Å²) in [7, 11) is 5.68. The van der Waals surface area contributed by atoms with Gasteiger partial charge in [0.1, 0.15) is 13.7 Å². The smallest absolute Gasteiger partial charge is 0.110 e. The highest BCUT2D eigenvalue weighted by atomic mass is 19.1. The molecule has 0 aliphatic heterocycles. The SMILES string of the molecule is [B]C1=c2ncccc2=C(F)CC1. The number of pyridine rings is 1. The molecule has 0 amide bonds. The summed E-state index contributed by atoms with van der Waals surface area (Å²) in [5, 5.41) is 1.17. The van der Waals surface area contributed by atoms with Gasteiger partial charge in [0, 0.05) is 17.8 Å². The van der Waals surface area contributed by atoms with Crippen LogP contribution in [0.3, 0.4) is 0 Å². The highest BCUT2D eigenvalue weighted by molar-refractivity contribution is 6.38. The largest absolute Gasteiger partial charge is 0.257 e. The average molecular weight is 159 g/mol. The van der Waals surface area contributed by atoms with Gasteiger partial charge in [0.2, 0.25) is 0 Å². The molecule has 0 spiro atoms. The van der Waals surface area contributed by atoms with Crippen molar-refractivity contribution < 1.29 is 4.39 Å². The molecule has 0 saturated carbocycles. The third kappa shape index (κ3) is 1.05. The zero-order chi connectivity index (χ0) is 8.55. The minimum atomic E-state index is -0.104. The Kier molecular flexibility index (Phi) is 1.72. The van der Waals surface area contributed by atoms with E-state index in [9.17, 15) is 4.39 Å². The molecule has 1 aliphatic carbocycles. The van der Waals surface area contributed by atoms with Crippen molar-refractivity contribution in [1.29, 1.82) is 0 Å². The molecule has 3 heteroatoms. The van der Waals surface area contributed by atoms with E-state index < -0.39 is 0 Å². The summed E-state index contributed by atoms with van der Waals surface area (Å²) >= 11 is 0. The van der Waals surface area contributed by atoms with Gasteiger partial charge in [0.05, 0.1) is 5.35 Å². The number of rotatable bonds is 0. The van der Waals surface area contributed by atoms with Gasteiger partial charge in [-0.2, -0.15) is 0 Å². The van der Waals surface area contributed by atoms with Crippen LogP contribution in [0.5, 0.6) is 0 Å². The normalized spacial score (nSPS) is 16.1. The molecule has 1 aromatic rings. The number of hydrogen-bond acceptors (Lipinski definition) is 1. The Morgan fingerprint density at radius 2 is 2.25 bits per heavy atom. The number of fused-ring (bicyclic) bond motifs is 1. The molecule has 1 nitrogen and oxygen atoms in total. The summed E-state index contributed by atoms with van der Waals surface area (Å²) in [6, 6.07) is 3.43. The molecule has 0 aromatic carbocycles. The van der Waals surface area contributed by atoms with Crippen molar-refractivity contribution in [3.63, 3.8) is 0 Å². The zero-order valence-corrected chi connectivity index (χ0v) is 6.55. The third-order valence-electron chi connectivity index (χ3n) is 2.02. The number of nitrogens with zero attached hydrogens (tertiary/aromatic N) is 1. The second-order valence-corrected chi connectivity index (χ2v) is 2.83. The van der Waals surface area contributed by atoms with Crippen molar-refractivity contribution in [1.82, 2.24) is 4.98 Å². The minimum absolute atomic E-state index is 0.104. The predicted octanol–water partition coefficient (Wildman–Crippen LogP) is 0.230. The minimum Gasteiger partial charge on any atom is -0.257 e. The van der Waals surface area contributed by atoms with E-state index in [1.54, 1.807) is 18.3 Å². The van der Waals surface area contributed by atoms with Gasteiger partial charge >= 0.3 is 0 Å².